The zero-order valence-electron chi connectivity index (χ0n) is 34.5. The lowest BCUT2D eigenvalue weighted by Gasteiger charge is -2.40. The molecule has 15 unspecified atom stereocenters. The fraction of sp³-hybridized carbons (Fsp3) is 0.617. The van der Waals surface area contributed by atoms with Gasteiger partial charge in [-0.3, -0.25) is 4.79 Å². The number of unbranched alkanes of at least 4 members (excludes halogenated alkanes) is 1. The number of hydrogen-bond acceptors (Lipinski definition) is 10. The molecular weight excluding hydrogens is 741 g/mol. The van der Waals surface area contributed by atoms with Gasteiger partial charge in [0.15, 0.2) is 6.10 Å². The van der Waals surface area contributed by atoms with Crippen LogP contribution in [0.25, 0.3) is 0 Å². The minimum Gasteiger partial charge on any atom is -0.481 e. The molecule has 6 heterocycles. The van der Waals surface area contributed by atoms with E-state index in [1.807, 2.05) is 62.5 Å². The number of carbonyl (C=O) groups excluding carboxylic acids is 1. The van der Waals surface area contributed by atoms with Crippen LogP contribution in [0.3, 0.4) is 0 Å². The van der Waals surface area contributed by atoms with E-state index in [-0.39, 0.29) is 67.2 Å². The second-order valence-electron chi connectivity index (χ2n) is 16.6. The number of rotatable bonds is 7. The predicted molar refractivity (Wildman–Crippen MR) is 222 cm³/mol. The van der Waals surface area contributed by atoms with Gasteiger partial charge < -0.3 is 44.1 Å². The maximum Gasteiger partial charge on any atom is 0.331 e. The Balaban J connectivity index is 1.29. The van der Waals surface area contributed by atoms with Crippen molar-refractivity contribution >= 4 is 11.9 Å². The molecule has 3 saturated heterocycles. The zero-order valence-corrected chi connectivity index (χ0v) is 34.5. The van der Waals surface area contributed by atoms with Gasteiger partial charge in [-0.05, 0) is 63.0 Å². The topological polar surface area (TPSA) is 161 Å². The Morgan fingerprint density at radius 1 is 0.759 bits per heavy atom. The minimum atomic E-state index is -1.18. The van der Waals surface area contributed by atoms with Crippen LogP contribution in [-0.2, 0) is 33.3 Å². The number of allylic oxidation sites excluding steroid dienone is 7. The Morgan fingerprint density at radius 3 is 2.34 bits per heavy atom. The number of aliphatic carboxylic acids is 1. The Bertz CT molecular complexity index is 1570. The molecule has 0 amide bonds. The van der Waals surface area contributed by atoms with Gasteiger partial charge in [-0.1, -0.05) is 106 Å². The molecule has 320 valence electrons. The van der Waals surface area contributed by atoms with Gasteiger partial charge in [-0.15, -0.1) is 0 Å². The Hall–Kier alpha value is -3.42. The van der Waals surface area contributed by atoms with E-state index in [9.17, 15) is 24.9 Å². The molecule has 11 nitrogen and oxygen atoms in total. The number of ether oxygens (including phenoxy) is 5. The van der Waals surface area contributed by atoms with E-state index >= 15 is 0 Å². The van der Waals surface area contributed by atoms with Gasteiger partial charge in [0.2, 0.25) is 0 Å². The van der Waals surface area contributed by atoms with Crippen molar-refractivity contribution in [3.8, 4) is 0 Å². The molecule has 7 bridgehead atoms. The molecule has 4 N–H and O–H groups in total. The number of carbonyl (C=O) groups is 2. The average Bonchev–Trinajstić information content (AvgIpc) is 3.54. The maximum absolute atomic E-state index is 13.0. The van der Waals surface area contributed by atoms with Crippen LogP contribution in [0.5, 0.6) is 0 Å². The number of carboxylic acids is 1. The molecule has 0 aliphatic carbocycles. The average molecular weight is 807 g/mol. The van der Waals surface area contributed by atoms with Gasteiger partial charge in [0, 0.05) is 37.2 Å². The van der Waals surface area contributed by atoms with Crippen LogP contribution < -0.4 is 0 Å². The highest BCUT2D eigenvalue weighted by Gasteiger charge is 2.45. The van der Waals surface area contributed by atoms with Crippen LogP contribution in [0.2, 0.25) is 0 Å². The molecule has 58 heavy (non-hydrogen) atoms. The Morgan fingerprint density at radius 2 is 1.53 bits per heavy atom. The van der Waals surface area contributed by atoms with Gasteiger partial charge in [-0.2, -0.15) is 0 Å². The SMILES string of the molecule is CC(=CC(C)CCCCC(=O)O)C1OC2C=CC1OC(=O)C=C/C=C/C=CC1OC3CC1OC(C=CCC1OC(CC(O)C1C)C(O)C(O)C=CCCC=CC2)C3C. The third-order valence-corrected chi connectivity index (χ3v) is 12.0. The summed E-state index contributed by atoms with van der Waals surface area (Å²) in [6.07, 6.45) is 28.3. The number of aliphatic hydroxyl groups is 3. The first-order chi connectivity index (χ1) is 27.9. The molecule has 6 aliphatic rings. The molecule has 0 spiro atoms. The predicted octanol–water partition coefficient (Wildman–Crippen LogP) is 6.80. The lowest BCUT2D eigenvalue weighted by atomic mass is 9.85. The molecular formula is C47H66O11. The summed E-state index contributed by atoms with van der Waals surface area (Å²) in [5.41, 5.74) is 0.945. The van der Waals surface area contributed by atoms with Crippen LogP contribution in [0, 0.1) is 17.8 Å². The summed E-state index contributed by atoms with van der Waals surface area (Å²) in [7, 11) is 0. The second-order valence-corrected chi connectivity index (χ2v) is 16.6. The smallest absolute Gasteiger partial charge is 0.331 e. The zero-order chi connectivity index (χ0) is 41.6. The normalized spacial score (nSPS) is 38.9. The molecule has 0 aromatic carbocycles. The van der Waals surface area contributed by atoms with Crippen molar-refractivity contribution in [1.82, 2.24) is 0 Å². The second kappa shape index (κ2) is 22.8. The molecule has 0 saturated carbocycles. The van der Waals surface area contributed by atoms with Crippen molar-refractivity contribution in [2.75, 3.05) is 0 Å². The van der Waals surface area contributed by atoms with E-state index in [0.29, 0.717) is 25.7 Å². The van der Waals surface area contributed by atoms with Crippen LogP contribution in [-0.4, -0.2) is 106 Å². The fourth-order valence-electron chi connectivity index (χ4n) is 8.38. The van der Waals surface area contributed by atoms with Crippen LogP contribution >= 0.6 is 0 Å². The Kier molecular flexibility index (Phi) is 18.0. The van der Waals surface area contributed by atoms with Crippen molar-refractivity contribution in [2.45, 2.75) is 165 Å². The standard InChI is InChI=1S/C47H66O11/c1-30(17-14-15-23-44(50)51)27-31(2)47-40-26-25-34(54-47)18-10-6-5-7-11-19-35(48)46(53)43-28-36(49)32(3)37(56-43)21-16-22-38-33(4)41-29-42(55-38)39(57-41)20-12-8-9-13-24-45(52)58-40/h6,8-13,16,19-20,22,24-27,30,32-43,46-49,53H,5,7,14-15,17-18,21,23,28-29H2,1-4H3,(H,50,51)/b9-8+,10-6?,19-11?,20-12?,22-16?,24-13?,31-27?. The van der Waals surface area contributed by atoms with Gasteiger partial charge in [0.05, 0.1) is 42.7 Å². The van der Waals surface area contributed by atoms with E-state index in [1.54, 1.807) is 18.2 Å². The number of hydrogen-bond donors (Lipinski definition) is 4. The summed E-state index contributed by atoms with van der Waals surface area (Å²) >= 11 is 0. The summed E-state index contributed by atoms with van der Waals surface area (Å²) in [4.78, 5) is 23.9. The van der Waals surface area contributed by atoms with Crippen LogP contribution in [0.4, 0.5) is 0 Å². The maximum atomic E-state index is 13.0. The minimum absolute atomic E-state index is 0.0508. The van der Waals surface area contributed by atoms with Crippen molar-refractivity contribution in [3.63, 3.8) is 0 Å². The monoisotopic (exact) mass is 806 g/mol. The summed E-state index contributed by atoms with van der Waals surface area (Å²) in [6.45, 7) is 8.15. The number of fused-ring (bicyclic) bond motifs is 13. The fourth-order valence-corrected chi connectivity index (χ4v) is 8.38. The van der Waals surface area contributed by atoms with Gasteiger partial charge in [0.25, 0.3) is 0 Å². The Labute approximate surface area is 344 Å². The van der Waals surface area contributed by atoms with E-state index in [1.165, 1.54) is 6.08 Å². The molecule has 11 heteroatoms. The molecule has 3 fully saturated rings. The highest BCUT2D eigenvalue weighted by atomic mass is 16.6. The lowest BCUT2D eigenvalue weighted by molar-refractivity contribution is -0.175. The highest BCUT2D eigenvalue weighted by molar-refractivity contribution is 5.82. The third-order valence-electron chi connectivity index (χ3n) is 12.0. The summed E-state index contributed by atoms with van der Waals surface area (Å²) < 4.78 is 31.5. The molecule has 15 atom stereocenters. The van der Waals surface area contributed by atoms with Crippen molar-refractivity contribution in [3.05, 3.63) is 96.7 Å². The summed E-state index contributed by atoms with van der Waals surface area (Å²) in [5.74, 6) is -1.09. The summed E-state index contributed by atoms with van der Waals surface area (Å²) in [5, 5.41) is 41.7. The number of carboxylic acid groups (broad SMARTS) is 1. The third kappa shape index (κ3) is 13.6. The first-order valence-electron chi connectivity index (χ1n) is 21.3. The van der Waals surface area contributed by atoms with Crippen molar-refractivity contribution in [2.24, 2.45) is 17.8 Å². The van der Waals surface area contributed by atoms with E-state index < -0.39 is 48.6 Å². The van der Waals surface area contributed by atoms with Gasteiger partial charge in [0.1, 0.15) is 24.4 Å². The van der Waals surface area contributed by atoms with E-state index in [4.69, 9.17) is 28.8 Å². The number of esters is 1. The summed E-state index contributed by atoms with van der Waals surface area (Å²) in [6, 6.07) is 0. The van der Waals surface area contributed by atoms with Crippen LogP contribution in [0.15, 0.2) is 96.7 Å². The number of aliphatic hydroxyl groups excluding tert-OH is 3. The molecule has 0 radical (unpaired) electrons. The highest BCUT2D eigenvalue weighted by Crippen LogP contribution is 2.38. The largest absolute Gasteiger partial charge is 0.481 e. The molecule has 6 rings (SSSR count). The van der Waals surface area contributed by atoms with Gasteiger partial charge in [-0.25, -0.2) is 4.79 Å². The molecule has 6 aliphatic heterocycles. The quantitative estimate of drug-likeness (QED) is 0.122. The van der Waals surface area contributed by atoms with E-state index in [0.717, 1.165) is 31.3 Å². The van der Waals surface area contributed by atoms with Crippen LogP contribution in [0.1, 0.15) is 91.9 Å². The van der Waals surface area contributed by atoms with Crippen molar-refractivity contribution in [1.29, 1.82) is 0 Å². The lowest BCUT2D eigenvalue weighted by Crippen LogP contribution is -2.50. The molecule has 0 aromatic rings. The van der Waals surface area contributed by atoms with Crippen molar-refractivity contribution < 1.29 is 53.7 Å². The first kappa shape index (κ1) is 45.7. The molecule has 0 aromatic heterocycles. The van der Waals surface area contributed by atoms with Gasteiger partial charge >= 0.3 is 11.9 Å². The first-order valence-corrected chi connectivity index (χ1v) is 21.3. The van der Waals surface area contributed by atoms with E-state index in [2.05, 4.69) is 32.1 Å².